The lowest BCUT2D eigenvalue weighted by molar-refractivity contribution is -0.190. The highest BCUT2D eigenvalue weighted by Gasteiger charge is 2.50. The van der Waals surface area contributed by atoms with Gasteiger partial charge in [0.2, 0.25) is 6.79 Å². The summed E-state index contributed by atoms with van der Waals surface area (Å²) in [6.45, 7) is -0.0458. The second kappa shape index (κ2) is 8.39. The fourth-order valence-electron chi connectivity index (χ4n) is 3.97. The highest BCUT2D eigenvalue weighted by Crippen LogP contribution is 2.42. The average Bonchev–Trinajstić information content (AvgIpc) is 3.41. The number of ether oxygens (including phenoxy) is 5. The highest BCUT2D eigenvalue weighted by molar-refractivity contribution is 5.87. The van der Waals surface area contributed by atoms with Gasteiger partial charge >= 0.3 is 11.9 Å². The molecular formula is C22H24O8. The van der Waals surface area contributed by atoms with Crippen molar-refractivity contribution in [2.75, 3.05) is 13.9 Å². The summed E-state index contributed by atoms with van der Waals surface area (Å²) in [5.41, 5.74) is 0.345. The Morgan fingerprint density at radius 3 is 2.57 bits per heavy atom. The normalized spacial score (nSPS) is 24.8. The van der Waals surface area contributed by atoms with E-state index in [1.807, 2.05) is 0 Å². The minimum Gasteiger partial charge on any atom is -0.497 e. The van der Waals surface area contributed by atoms with Gasteiger partial charge in [-0.15, -0.1) is 0 Å². The fourth-order valence-corrected chi connectivity index (χ4v) is 3.97. The van der Waals surface area contributed by atoms with Crippen molar-refractivity contribution in [1.82, 2.24) is 0 Å². The molecule has 0 spiro atoms. The van der Waals surface area contributed by atoms with E-state index < -0.39 is 23.8 Å². The van der Waals surface area contributed by atoms with Crippen LogP contribution in [0, 0.1) is 5.92 Å². The summed E-state index contributed by atoms with van der Waals surface area (Å²) in [5, 5.41) is 11.3. The molecule has 1 aromatic rings. The molecule has 0 amide bonds. The maximum Gasteiger partial charge on any atom is 0.334 e. The van der Waals surface area contributed by atoms with E-state index in [4.69, 9.17) is 23.7 Å². The van der Waals surface area contributed by atoms with Crippen LogP contribution in [0.5, 0.6) is 5.75 Å². The van der Waals surface area contributed by atoms with Gasteiger partial charge in [-0.3, -0.25) is 4.79 Å². The maximum atomic E-state index is 12.8. The van der Waals surface area contributed by atoms with Crippen molar-refractivity contribution in [1.29, 1.82) is 0 Å². The first-order valence-corrected chi connectivity index (χ1v) is 9.98. The van der Waals surface area contributed by atoms with Crippen LogP contribution in [-0.2, 0) is 34.3 Å². The van der Waals surface area contributed by atoms with E-state index in [0.717, 1.165) is 38.2 Å². The second-order valence-corrected chi connectivity index (χ2v) is 7.49. The topological polar surface area (TPSA) is 101 Å². The minimum absolute atomic E-state index is 0.0458. The fraction of sp³-hybridized carbons (Fsp3) is 0.455. The van der Waals surface area contributed by atoms with Crippen molar-refractivity contribution in [3.8, 4) is 5.75 Å². The zero-order chi connectivity index (χ0) is 21.1. The van der Waals surface area contributed by atoms with Crippen molar-refractivity contribution in [3.05, 3.63) is 53.5 Å². The summed E-state index contributed by atoms with van der Waals surface area (Å²) < 4.78 is 26.7. The van der Waals surface area contributed by atoms with Crippen LogP contribution in [-0.4, -0.2) is 37.1 Å². The molecule has 1 aromatic carbocycles. The first-order chi connectivity index (χ1) is 14.5. The van der Waals surface area contributed by atoms with Gasteiger partial charge < -0.3 is 28.8 Å². The third kappa shape index (κ3) is 3.87. The number of aliphatic hydroxyl groups is 1. The van der Waals surface area contributed by atoms with Gasteiger partial charge in [0.05, 0.1) is 18.6 Å². The molecule has 8 heteroatoms. The number of cyclic esters (lactones) is 1. The molecule has 3 aliphatic rings. The SMILES string of the molecule is COc1ccc(C2(O)OC(=O)C=C2C(OC(=O)C2CCCCC2)C2=COCO2)cc1. The summed E-state index contributed by atoms with van der Waals surface area (Å²) in [6, 6.07) is 6.42. The molecule has 2 atom stereocenters. The Labute approximate surface area is 174 Å². The second-order valence-electron chi connectivity index (χ2n) is 7.49. The Hall–Kier alpha value is -3.00. The number of hydrogen-bond acceptors (Lipinski definition) is 8. The van der Waals surface area contributed by atoms with Gasteiger partial charge in [-0.05, 0) is 37.1 Å². The standard InChI is InChI=1S/C22H24O8/c1-26-16-9-7-15(8-10-16)22(25)17(11-19(23)30-22)20(18-12-27-13-28-18)29-21(24)14-5-3-2-4-6-14/h7-12,14,20,25H,2-6,13H2,1H3. The van der Waals surface area contributed by atoms with Crippen molar-refractivity contribution in [3.63, 3.8) is 0 Å². The number of hydrogen-bond donors (Lipinski definition) is 1. The van der Waals surface area contributed by atoms with Crippen molar-refractivity contribution >= 4 is 11.9 Å². The molecule has 160 valence electrons. The molecule has 2 unspecified atom stereocenters. The van der Waals surface area contributed by atoms with Crippen molar-refractivity contribution < 1.29 is 38.4 Å². The summed E-state index contributed by atoms with van der Waals surface area (Å²) in [6.07, 6.45) is 5.82. The van der Waals surface area contributed by atoms with Crippen molar-refractivity contribution in [2.45, 2.75) is 44.0 Å². The predicted octanol–water partition coefficient (Wildman–Crippen LogP) is 2.66. The smallest absolute Gasteiger partial charge is 0.334 e. The van der Waals surface area contributed by atoms with Crippen LogP contribution in [0.4, 0.5) is 0 Å². The molecule has 1 fully saturated rings. The molecule has 1 aliphatic carbocycles. The van der Waals surface area contributed by atoms with Gasteiger partial charge in [0.1, 0.15) is 12.0 Å². The van der Waals surface area contributed by atoms with Gasteiger partial charge in [0.15, 0.2) is 11.9 Å². The van der Waals surface area contributed by atoms with Gasteiger partial charge in [0, 0.05) is 11.6 Å². The van der Waals surface area contributed by atoms with Gasteiger partial charge in [-0.25, -0.2) is 4.79 Å². The first-order valence-electron chi connectivity index (χ1n) is 9.98. The van der Waals surface area contributed by atoms with Crippen LogP contribution in [0.2, 0.25) is 0 Å². The number of benzene rings is 1. The summed E-state index contributed by atoms with van der Waals surface area (Å²) >= 11 is 0. The van der Waals surface area contributed by atoms with E-state index in [2.05, 4.69) is 0 Å². The number of carbonyl (C=O) groups excluding carboxylic acids is 2. The van der Waals surface area contributed by atoms with Crippen LogP contribution in [0.25, 0.3) is 0 Å². The van der Waals surface area contributed by atoms with E-state index in [0.29, 0.717) is 11.3 Å². The first kappa shape index (κ1) is 20.3. The average molecular weight is 416 g/mol. The van der Waals surface area contributed by atoms with E-state index in [1.165, 1.54) is 13.4 Å². The Kier molecular flexibility index (Phi) is 5.67. The van der Waals surface area contributed by atoms with Crippen LogP contribution >= 0.6 is 0 Å². The summed E-state index contributed by atoms with van der Waals surface area (Å²) in [4.78, 5) is 25.0. The Bertz CT molecular complexity index is 866. The van der Waals surface area contributed by atoms with Crippen molar-refractivity contribution in [2.24, 2.45) is 5.92 Å². The zero-order valence-corrected chi connectivity index (χ0v) is 16.7. The number of rotatable bonds is 6. The van der Waals surface area contributed by atoms with E-state index in [9.17, 15) is 14.7 Å². The molecule has 0 radical (unpaired) electrons. The number of esters is 2. The van der Waals surface area contributed by atoms with Gasteiger partial charge in [0.25, 0.3) is 5.79 Å². The Morgan fingerprint density at radius 1 is 1.20 bits per heavy atom. The molecule has 8 nitrogen and oxygen atoms in total. The molecule has 0 saturated heterocycles. The lowest BCUT2D eigenvalue weighted by Crippen LogP contribution is -2.38. The molecule has 1 N–H and O–H groups in total. The molecule has 1 saturated carbocycles. The van der Waals surface area contributed by atoms with E-state index in [-0.39, 0.29) is 24.0 Å². The molecule has 2 aliphatic heterocycles. The Balaban J connectivity index is 1.66. The van der Waals surface area contributed by atoms with Crippen LogP contribution < -0.4 is 4.74 Å². The van der Waals surface area contributed by atoms with Gasteiger partial charge in [-0.2, -0.15) is 0 Å². The zero-order valence-electron chi connectivity index (χ0n) is 16.7. The van der Waals surface area contributed by atoms with E-state index >= 15 is 0 Å². The quantitative estimate of drug-likeness (QED) is 0.707. The van der Waals surface area contributed by atoms with E-state index in [1.54, 1.807) is 24.3 Å². The Morgan fingerprint density at radius 2 is 1.93 bits per heavy atom. The van der Waals surface area contributed by atoms with Crippen LogP contribution in [0.15, 0.2) is 47.9 Å². The third-order valence-corrected chi connectivity index (χ3v) is 5.60. The monoisotopic (exact) mass is 416 g/mol. The minimum atomic E-state index is -2.12. The summed E-state index contributed by atoms with van der Waals surface area (Å²) in [5.74, 6) is -2.72. The number of carbonyl (C=O) groups is 2. The molecule has 4 rings (SSSR count). The lowest BCUT2D eigenvalue weighted by atomic mass is 9.89. The third-order valence-electron chi connectivity index (χ3n) is 5.60. The number of methoxy groups -OCH3 is 1. The molecular weight excluding hydrogens is 392 g/mol. The molecule has 2 heterocycles. The van der Waals surface area contributed by atoms with Crippen LogP contribution in [0.3, 0.4) is 0 Å². The lowest BCUT2D eigenvalue weighted by Gasteiger charge is -2.31. The summed E-state index contributed by atoms with van der Waals surface area (Å²) in [7, 11) is 1.52. The van der Waals surface area contributed by atoms with Gasteiger partial charge in [-0.1, -0.05) is 19.3 Å². The van der Waals surface area contributed by atoms with Crippen LogP contribution in [0.1, 0.15) is 37.7 Å². The largest absolute Gasteiger partial charge is 0.497 e. The molecule has 0 bridgehead atoms. The predicted molar refractivity (Wildman–Crippen MR) is 103 cm³/mol. The molecule has 30 heavy (non-hydrogen) atoms. The highest BCUT2D eigenvalue weighted by atomic mass is 16.7. The maximum absolute atomic E-state index is 12.8. The molecule has 0 aromatic heterocycles.